The van der Waals surface area contributed by atoms with Crippen LogP contribution in [0.2, 0.25) is 20.2 Å². The predicted octanol–water partition coefficient (Wildman–Crippen LogP) is 7.78. The molecule has 0 saturated heterocycles. The second-order valence-electron chi connectivity index (χ2n) is 9.34. The topological polar surface area (TPSA) is 129 Å². The van der Waals surface area contributed by atoms with Crippen molar-refractivity contribution in [2.75, 3.05) is 20.8 Å². The second kappa shape index (κ2) is 19.0. The molecule has 0 amide bonds. The summed E-state index contributed by atoms with van der Waals surface area (Å²) in [7, 11) is 1.45. The van der Waals surface area contributed by atoms with Crippen molar-refractivity contribution < 1.29 is 29.0 Å². The molecule has 0 unspecified atom stereocenters. The highest BCUT2D eigenvalue weighted by molar-refractivity contribution is 6.58. The number of para-hydroxylation sites is 2. The Hall–Kier alpha value is -4.18. The first kappa shape index (κ1) is 38.3. The smallest absolute Gasteiger partial charge is 0.491 e. The highest BCUT2D eigenvalue weighted by Crippen LogP contribution is 2.36. The summed E-state index contributed by atoms with van der Waals surface area (Å²) < 4.78 is 23.0. The van der Waals surface area contributed by atoms with Crippen molar-refractivity contribution in [2.45, 2.75) is 0 Å². The molecule has 0 aliphatic rings. The first-order valence-electron chi connectivity index (χ1n) is 13.8. The van der Waals surface area contributed by atoms with Gasteiger partial charge in [0.1, 0.15) is 23.9 Å². The van der Waals surface area contributed by atoms with E-state index in [9.17, 15) is 4.39 Å². The third kappa shape index (κ3) is 10.2. The lowest BCUT2D eigenvalue weighted by molar-refractivity contribution is 0.348. The number of nitrogens with zero attached hydrogens (tertiary/aromatic N) is 3. The number of aliphatic hydroxyl groups is 1. The van der Waals surface area contributed by atoms with Crippen molar-refractivity contribution >= 4 is 80.8 Å². The van der Waals surface area contributed by atoms with E-state index in [4.69, 9.17) is 76.3 Å². The Morgan fingerprint density at radius 3 is 1.73 bits per heavy atom. The summed E-state index contributed by atoms with van der Waals surface area (Å²) >= 11 is 24.3. The number of aromatic nitrogens is 2. The Kier molecular flexibility index (Phi) is 15.1. The Bertz CT molecular complexity index is 2030. The third-order valence-electron chi connectivity index (χ3n) is 6.30. The van der Waals surface area contributed by atoms with Crippen molar-refractivity contribution in [1.29, 1.82) is 5.26 Å². The number of methoxy groups -OCH3 is 2. The van der Waals surface area contributed by atoms with E-state index in [-0.39, 0.29) is 12.1 Å². The molecule has 3 N–H and O–H groups in total. The van der Waals surface area contributed by atoms with Crippen LogP contribution in [0.3, 0.4) is 0 Å². The van der Waals surface area contributed by atoms with Gasteiger partial charge in [0.15, 0.2) is 10.9 Å². The molecule has 0 atom stereocenters. The summed E-state index contributed by atoms with van der Waals surface area (Å²) in [5.41, 5.74) is 2.86. The molecule has 6 aromatic rings. The van der Waals surface area contributed by atoms with Gasteiger partial charge in [0.2, 0.25) is 0 Å². The Morgan fingerprint density at radius 1 is 0.729 bits per heavy atom. The molecule has 0 fully saturated rings. The van der Waals surface area contributed by atoms with E-state index in [1.54, 1.807) is 20.3 Å². The average molecular weight is 729 g/mol. The number of hydrogen-bond acceptors (Lipinski definition) is 8. The standard InChI is InChI=1S/C16H11Cl2NO.C10H7Cl2NO.C6H6BFO2.C2H3NO/c1-20-14-9-10-5-4-8-13(18)15(10)19-16(14)11-6-2-3-7-12(11)17;1-14-8-5-6-3-2-4-7(11)9(6)13-10(8)12;8-6-4-2-1-3-5(6)7(9)10;3-1-2-4/h2-9H,1H3;2-5H,1H3;1-4,9-10H;4H,2H2. The van der Waals surface area contributed by atoms with E-state index in [1.807, 2.05) is 66.7 Å². The largest absolute Gasteiger partial charge is 0.494 e. The SMILES string of the molecule is COc1cc2cccc(Cl)c2nc1-c1ccccc1Cl.COc1cc2cccc(Cl)c2nc1Cl.N#CCO.OB(O)c1ccccc1F. The number of benzene rings is 4. The van der Waals surface area contributed by atoms with Gasteiger partial charge < -0.3 is 24.6 Å². The van der Waals surface area contributed by atoms with E-state index in [2.05, 4.69) is 9.97 Å². The highest BCUT2D eigenvalue weighted by Gasteiger charge is 2.15. The van der Waals surface area contributed by atoms with Gasteiger partial charge in [-0.1, -0.05) is 107 Å². The van der Waals surface area contributed by atoms with Crippen LogP contribution in [0, 0.1) is 17.1 Å². The van der Waals surface area contributed by atoms with Gasteiger partial charge in [0.05, 0.1) is 46.4 Å². The maximum Gasteiger partial charge on any atom is 0.491 e. The molecule has 246 valence electrons. The average Bonchev–Trinajstić information content (AvgIpc) is 3.09. The van der Waals surface area contributed by atoms with Crippen LogP contribution in [0.1, 0.15) is 0 Å². The summed E-state index contributed by atoms with van der Waals surface area (Å²) in [6.45, 7) is -0.375. The number of hydrogen-bond donors (Lipinski definition) is 3. The molecule has 0 radical (unpaired) electrons. The monoisotopic (exact) mass is 727 g/mol. The zero-order valence-electron chi connectivity index (χ0n) is 25.4. The zero-order chi connectivity index (χ0) is 35.2. The van der Waals surface area contributed by atoms with E-state index in [0.717, 1.165) is 21.9 Å². The molecular weight excluding hydrogens is 702 g/mol. The molecule has 0 aliphatic carbocycles. The normalized spacial score (nSPS) is 9.94. The second-order valence-corrected chi connectivity index (χ2v) is 10.9. The summed E-state index contributed by atoms with van der Waals surface area (Å²) in [5.74, 6) is 0.631. The number of halogens is 5. The van der Waals surface area contributed by atoms with Gasteiger partial charge in [-0.05, 0) is 36.4 Å². The number of nitriles is 1. The summed E-state index contributed by atoms with van der Waals surface area (Å²) in [5, 5.41) is 35.9. The van der Waals surface area contributed by atoms with Crippen LogP contribution in [-0.2, 0) is 0 Å². The minimum absolute atomic E-state index is 0.0949. The number of ether oxygens (including phenoxy) is 2. The van der Waals surface area contributed by atoms with Gasteiger partial charge in [-0.25, -0.2) is 14.4 Å². The quantitative estimate of drug-likeness (QED) is 0.0954. The predicted molar refractivity (Wildman–Crippen MR) is 191 cm³/mol. The fourth-order valence-electron chi connectivity index (χ4n) is 4.09. The Balaban J connectivity index is 0.000000195. The third-order valence-corrected chi connectivity index (χ3v) is 7.51. The molecule has 8 nitrogen and oxygen atoms in total. The molecule has 4 aromatic carbocycles. The summed E-state index contributed by atoms with van der Waals surface area (Å²) in [6.07, 6.45) is 0. The van der Waals surface area contributed by atoms with E-state index in [0.29, 0.717) is 42.9 Å². The first-order chi connectivity index (χ1) is 23.1. The number of pyridine rings is 2. The lowest BCUT2D eigenvalue weighted by Crippen LogP contribution is -2.32. The molecule has 2 aromatic heterocycles. The molecule has 0 bridgehead atoms. The van der Waals surface area contributed by atoms with Crippen LogP contribution in [0.4, 0.5) is 4.39 Å². The molecule has 0 aliphatic heterocycles. The molecular formula is C34H27BCl4FN3O5. The van der Waals surface area contributed by atoms with Gasteiger partial charge in [-0.2, -0.15) is 5.26 Å². The van der Waals surface area contributed by atoms with Crippen molar-refractivity contribution in [3.63, 3.8) is 0 Å². The molecule has 0 saturated carbocycles. The highest BCUT2D eigenvalue weighted by atomic mass is 35.5. The number of aliphatic hydroxyl groups excluding tert-OH is 1. The van der Waals surface area contributed by atoms with Crippen molar-refractivity contribution in [3.8, 4) is 28.8 Å². The van der Waals surface area contributed by atoms with E-state index in [1.165, 1.54) is 30.3 Å². The molecule has 2 heterocycles. The zero-order valence-corrected chi connectivity index (χ0v) is 28.4. The lowest BCUT2D eigenvalue weighted by Gasteiger charge is -2.11. The molecule has 6 rings (SSSR count). The molecule has 0 spiro atoms. The lowest BCUT2D eigenvalue weighted by atomic mass is 9.80. The van der Waals surface area contributed by atoms with E-state index < -0.39 is 12.9 Å². The van der Waals surface area contributed by atoms with Crippen molar-refractivity contribution in [3.05, 3.63) is 123 Å². The minimum atomic E-state index is -1.72. The van der Waals surface area contributed by atoms with Gasteiger partial charge in [-0.15, -0.1) is 0 Å². The van der Waals surface area contributed by atoms with Crippen LogP contribution < -0.4 is 14.9 Å². The van der Waals surface area contributed by atoms with Crippen LogP contribution >= 0.6 is 46.4 Å². The number of rotatable bonds is 4. The van der Waals surface area contributed by atoms with Gasteiger partial charge in [-0.3, -0.25) is 0 Å². The van der Waals surface area contributed by atoms with Crippen LogP contribution in [-0.4, -0.2) is 53.1 Å². The minimum Gasteiger partial charge on any atom is -0.494 e. The van der Waals surface area contributed by atoms with Gasteiger partial charge in [0.25, 0.3) is 0 Å². The van der Waals surface area contributed by atoms with Crippen molar-refractivity contribution in [1.82, 2.24) is 9.97 Å². The maximum absolute atomic E-state index is 12.5. The van der Waals surface area contributed by atoms with E-state index >= 15 is 0 Å². The van der Waals surface area contributed by atoms with Crippen LogP contribution in [0.25, 0.3) is 33.1 Å². The summed E-state index contributed by atoms with van der Waals surface area (Å²) in [4.78, 5) is 8.79. The fourth-order valence-corrected chi connectivity index (χ4v) is 4.98. The molecule has 48 heavy (non-hydrogen) atoms. The van der Waals surface area contributed by atoms with Crippen LogP contribution in [0.5, 0.6) is 11.5 Å². The van der Waals surface area contributed by atoms with Crippen molar-refractivity contribution in [2.24, 2.45) is 0 Å². The molecule has 14 heteroatoms. The van der Waals surface area contributed by atoms with Crippen LogP contribution in [0.15, 0.2) is 97.1 Å². The maximum atomic E-state index is 12.5. The summed E-state index contributed by atoms with van der Waals surface area (Å²) in [6, 6.07) is 29.5. The van der Waals surface area contributed by atoms with Gasteiger partial charge in [0, 0.05) is 21.8 Å². The number of fused-ring (bicyclic) bond motifs is 2. The Morgan fingerprint density at radius 2 is 1.23 bits per heavy atom. The fraction of sp³-hybridized carbons (Fsp3) is 0.0882. The first-order valence-corrected chi connectivity index (χ1v) is 15.3. The Labute approximate surface area is 296 Å². The van der Waals surface area contributed by atoms with Gasteiger partial charge >= 0.3 is 7.12 Å².